The summed E-state index contributed by atoms with van der Waals surface area (Å²) in [6, 6.07) is 10.4. The van der Waals surface area contributed by atoms with Crippen molar-refractivity contribution in [3.8, 4) is 0 Å². The zero-order valence-electron chi connectivity index (χ0n) is 9.07. The van der Waals surface area contributed by atoms with Crippen molar-refractivity contribution in [3.63, 3.8) is 0 Å². The second kappa shape index (κ2) is 3.81. The molecule has 0 amide bonds. The SMILES string of the molecule is FC1(CBr)C2CN(Cc3ccccc3)CC21. The van der Waals surface area contributed by atoms with Crippen LogP contribution in [0.1, 0.15) is 5.56 Å². The van der Waals surface area contributed by atoms with Gasteiger partial charge in [-0.05, 0) is 5.56 Å². The first kappa shape index (κ1) is 10.7. The van der Waals surface area contributed by atoms with Gasteiger partial charge in [0.05, 0.1) is 0 Å². The minimum absolute atomic E-state index is 0.274. The normalized spacial score (nSPS) is 37.4. The van der Waals surface area contributed by atoms with Crippen molar-refractivity contribution in [2.24, 2.45) is 11.8 Å². The average Bonchev–Trinajstić information content (AvgIpc) is 2.69. The van der Waals surface area contributed by atoms with Gasteiger partial charge in [0.25, 0.3) is 0 Å². The van der Waals surface area contributed by atoms with Crippen molar-refractivity contribution in [3.05, 3.63) is 35.9 Å². The van der Waals surface area contributed by atoms with E-state index in [9.17, 15) is 4.39 Å². The lowest BCUT2D eigenvalue weighted by Crippen LogP contribution is -2.29. The fourth-order valence-corrected chi connectivity index (χ4v) is 3.76. The van der Waals surface area contributed by atoms with Gasteiger partial charge in [0, 0.05) is 36.8 Å². The number of rotatable bonds is 3. The predicted molar refractivity (Wildman–Crippen MR) is 66.3 cm³/mol. The van der Waals surface area contributed by atoms with E-state index < -0.39 is 5.67 Å². The molecule has 1 aliphatic heterocycles. The van der Waals surface area contributed by atoms with Crippen molar-refractivity contribution in [2.45, 2.75) is 12.2 Å². The van der Waals surface area contributed by atoms with E-state index in [2.05, 4.69) is 45.1 Å². The summed E-state index contributed by atoms with van der Waals surface area (Å²) in [5.41, 5.74) is 0.430. The van der Waals surface area contributed by atoms with Crippen molar-refractivity contribution in [1.29, 1.82) is 0 Å². The third-order valence-electron chi connectivity index (χ3n) is 3.97. The number of nitrogens with zero attached hydrogens (tertiary/aromatic N) is 1. The molecule has 86 valence electrons. The Morgan fingerprint density at radius 3 is 2.44 bits per heavy atom. The molecule has 1 aliphatic carbocycles. The summed E-state index contributed by atoms with van der Waals surface area (Å²) in [7, 11) is 0. The average molecular weight is 284 g/mol. The second-order valence-electron chi connectivity index (χ2n) is 4.95. The highest BCUT2D eigenvalue weighted by molar-refractivity contribution is 9.09. The van der Waals surface area contributed by atoms with E-state index in [0.717, 1.165) is 19.6 Å². The van der Waals surface area contributed by atoms with Crippen LogP contribution in [0.5, 0.6) is 0 Å². The number of alkyl halides is 2. The van der Waals surface area contributed by atoms with Gasteiger partial charge >= 0.3 is 0 Å². The lowest BCUT2D eigenvalue weighted by Gasteiger charge is -2.21. The fourth-order valence-electron chi connectivity index (χ4n) is 2.92. The molecule has 1 saturated heterocycles. The molecule has 1 aromatic rings. The topological polar surface area (TPSA) is 3.24 Å². The number of halogens is 2. The molecule has 0 aromatic heterocycles. The van der Waals surface area contributed by atoms with Gasteiger partial charge in [0.1, 0.15) is 5.67 Å². The van der Waals surface area contributed by atoms with Crippen LogP contribution in [0, 0.1) is 11.8 Å². The number of fused-ring (bicyclic) bond motifs is 1. The molecule has 16 heavy (non-hydrogen) atoms. The third kappa shape index (κ3) is 1.61. The molecule has 2 fully saturated rings. The van der Waals surface area contributed by atoms with Crippen LogP contribution in [0.3, 0.4) is 0 Å². The van der Waals surface area contributed by atoms with E-state index in [-0.39, 0.29) is 11.8 Å². The molecule has 2 aliphatic rings. The van der Waals surface area contributed by atoms with E-state index in [4.69, 9.17) is 0 Å². The summed E-state index contributed by atoms with van der Waals surface area (Å²) in [5.74, 6) is 0.547. The van der Waals surface area contributed by atoms with Gasteiger partial charge in [-0.1, -0.05) is 46.3 Å². The smallest absolute Gasteiger partial charge is 0.129 e. The minimum Gasteiger partial charge on any atom is -0.298 e. The Labute approximate surface area is 104 Å². The number of likely N-dealkylation sites (tertiary alicyclic amines) is 1. The summed E-state index contributed by atoms with van der Waals surface area (Å²) in [5, 5.41) is 0.508. The van der Waals surface area contributed by atoms with Crippen molar-refractivity contribution in [2.75, 3.05) is 18.4 Å². The zero-order chi connectivity index (χ0) is 11.2. The Morgan fingerprint density at radius 1 is 1.25 bits per heavy atom. The van der Waals surface area contributed by atoms with Crippen LogP contribution in [-0.2, 0) is 6.54 Å². The zero-order valence-corrected chi connectivity index (χ0v) is 10.7. The molecular weight excluding hydrogens is 269 g/mol. The molecule has 0 bridgehead atoms. The Hall–Kier alpha value is -0.410. The van der Waals surface area contributed by atoms with Crippen LogP contribution < -0.4 is 0 Å². The molecule has 0 radical (unpaired) electrons. The molecule has 2 unspecified atom stereocenters. The fraction of sp³-hybridized carbons (Fsp3) is 0.538. The highest BCUT2D eigenvalue weighted by Gasteiger charge is 2.68. The van der Waals surface area contributed by atoms with E-state index in [1.807, 2.05) is 6.07 Å². The maximum atomic E-state index is 14.0. The number of hydrogen-bond acceptors (Lipinski definition) is 1. The van der Waals surface area contributed by atoms with Gasteiger partial charge in [-0.2, -0.15) is 0 Å². The Bertz CT molecular complexity index is 369. The first-order chi connectivity index (χ1) is 7.74. The van der Waals surface area contributed by atoms with Gasteiger partial charge < -0.3 is 0 Å². The van der Waals surface area contributed by atoms with E-state index >= 15 is 0 Å². The van der Waals surface area contributed by atoms with Crippen LogP contribution in [-0.4, -0.2) is 29.0 Å². The number of hydrogen-bond donors (Lipinski definition) is 0. The molecule has 1 saturated carbocycles. The first-order valence-electron chi connectivity index (χ1n) is 5.75. The van der Waals surface area contributed by atoms with Crippen molar-refractivity contribution < 1.29 is 4.39 Å². The molecule has 0 N–H and O–H groups in total. The maximum Gasteiger partial charge on any atom is 0.129 e. The molecule has 1 heterocycles. The molecule has 3 rings (SSSR count). The lowest BCUT2D eigenvalue weighted by atomic mass is 10.2. The summed E-state index contributed by atoms with van der Waals surface area (Å²) >= 11 is 3.28. The van der Waals surface area contributed by atoms with Gasteiger partial charge in [0.15, 0.2) is 0 Å². The minimum atomic E-state index is -0.896. The molecule has 3 heteroatoms. The molecule has 0 spiro atoms. The summed E-state index contributed by atoms with van der Waals surface area (Å²) in [4.78, 5) is 2.37. The van der Waals surface area contributed by atoms with Gasteiger partial charge in [0.2, 0.25) is 0 Å². The molecule has 1 nitrogen and oxygen atoms in total. The van der Waals surface area contributed by atoms with Crippen LogP contribution in [0.4, 0.5) is 4.39 Å². The van der Waals surface area contributed by atoms with E-state index in [1.165, 1.54) is 5.56 Å². The standard InChI is InChI=1S/C13H15BrFN/c14-9-13(15)11-7-16(8-12(11)13)6-10-4-2-1-3-5-10/h1-5,11-12H,6-9H2. The summed E-state index contributed by atoms with van der Waals surface area (Å²) in [6.07, 6.45) is 0. The Morgan fingerprint density at radius 2 is 1.88 bits per heavy atom. The molecular formula is C13H15BrFN. The van der Waals surface area contributed by atoms with Crippen LogP contribution >= 0.6 is 15.9 Å². The molecule has 1 aromatic carbocycles. The van der Waals surface area contributed by atoms with Crippen LogP contribution in [0.15, 0.2) is 30.3 Å². The Balaban J connectivity index is 1.59. The van der Waals surface area contributed by atoms with Gasteiger partial charge in [-0.3, -0.25) is 4.90 Å². The number of benzene rings is 1. The lowest BCUT2D eigenvalue weighted by molar-refractivity contribution is 0.199. The quantitative estimate of drug-likeness (QED) is 0.771. The van der Waals surface area contributed by atoms with Crippen molar-refractivity contribution >= 4 is 15.9 Å². The highest BCUT2D eigenvalue weighted by atomic mass is 79.9. The first-order valence-corrected chi connectivity index (χ1v) is 6.87. The van der Waals surface area contributed by atoms with Gasteiger partial charge in [-0.25, -0.2) is 4.39 Å². The number of piperidine rings is 1. The van der Waals surface area contributed by atoms with Crippen LogP contribution in [0.25, 0.3) is 0 Å². The summed E-state index contributed by atoms with van der Waals surface area (Å²) < 4.78 is 14.0. The van der Waals surface area contributed by atoms with E-state index in [0.29, 0.717) is 5.33 Å². The van der Waals surface area contributed by atoms with Crippen molar-refractivity contribution in [1.82, 2.24) is 4.90 Å². The van der Waals surface area contributed by atoms with E-state index in [1.54, 1.807) is 0 Å². The Kier molecular flexibility index (Phi) is 2.55. The largest absolute Gasteiger partial charge is 0.298 e. The van der Waals surface area contributed by atoms with Gasteiger partial charge in [-0.15, -0.1) is 0 Å². The second-order valence-corrected chi connectivity index (χ2v) is 5.51. The molecule has 2 atom stereocenters. The summed E-state index contributed by atoms with van der Waals surface area (Å²) in [6.45, 7) is 2.80. The monoisotopic (exact) mass is 283 g/mol. The van der Waals surface area contributed by atoms with Crippen LogP contribution in [0.2, 0.25) is 0 Å². The predicted octanol–water partition coefficient (Wildman–Crippen LogP) is 2.85. The third-order valence-corrected chi connectivity index (χ3v) is 4.83. The maximum absolute atomic E-state index is 14.0. The highest BCUT2D eigenvalue weighted by Crippen LogP contribution is 2.59.